The van der Waals surface area contributed by atoms with Crippen LogP contribution in [0.25, 0.3) is 11.3 Å². The number of hydrogen-bond donors (Lipinski definition) is 1. The minimum absolute atomic E-state index is 0.143. The fraction of sp³-hybridized carbons (Fsp3) is 0.0526. The number of hydrogen-bond acceptors (Lipinski definition) is 2. The maximum atomic E-state index is 12.3. The first-order chi connectivity index (χ1) is 10.7. The van der Waals surface area contributed by atoms with E-state index in [0.29, 0.717) is 5.56 Å². The highest BCUT2D eigenvalue weighted by Gasteiger charge is 2.11. The van der Waals surface area contributed by atoms with Gasteiger partial charge in [-0.25, -0.2) is 0 Å². The first-order valence-corrected chi connectivity index (χ1v) is 7.13. The van der Waals surface area contributed by atoms with E-state index < -0.39 is 0 Å². The number of nitrogens with one attached hydrogen (secondary N) is 1. The molecule has 2 aromatic carbocycles. The Bertz CT molecular complexity index is 783. The van der Waals surface area contributed by atoms with Crippen molar-refractivity contribution in [1.82, 2.24) is 4.98 Å². The minimum Gasteiger partial charge on any atom is -0.322 e. The molecule has 0 aliphatic heterocycles. The second kappa shape index (κ2) is 6.22. The van der Waals surface area contributed by atoms with Crippen molar-refractivity contribution >= 4 is 11.6 Å². The average Bonchev–Trinajstić information content (AvgIpc) is 2.56. The zero-order valence-corrected chi connectivity index (χ0v) is 12.3. The summed E-state index contributed by atoms with van der Waals surface area (Å²) in [4.78, 5) is 16.9. The van der Waals surface area contributed by atoms with Crippen LogP contribution in [0.15, 0.2) is 72.8 Å². The Labute approximate surface area is 129 Å². The van der Waals surface area contributed by atoms with Crippen molar-refractivity contribution in [2.45, 2.75) is 6.92 Å². The fourth-order valence-electron chi connectivity index (χ4n) is 2.29. The molecular weight excluding hydrogens is 272 g/mol. The highest BCUT2D eigenvalue weighted by atomic mass is 16.1. The van der Waals surface area contributed by atoms with E-state index in [2.05, 4.69) is 10.3 Å². The van der Waals surface area contributed by atoms with Gasteiger partial charge in [-0.15, -0.1) is 0 Å². The summed E-state index contributed by atoms with van der Waals surface area (Å²) in [5.74, 6) is -0.143. The summed E-state index contributed by atoms with van der Waals surface area (Å²) in [5.41, 5.74) is 3.99. The Morgan fingerprint density at radius 2 is 1.50 bits per heavy atom. The Kier molecular flexibility index (Phi) is 3.97. The van der Waals surface area contributed by atoms with Crippen molar-refractivity contribution in [2.75, 3.05) is 5.32 Å². The second-order valence-electron chi connectivity index (χ2n) is 5.02. The molecule has 3 nitrogen and oxygen atoms in total. The molecule has 0 unspecified atom stereocenters. The van der Waals surface area contributed by atoms with Gasteiger partial charge >= 0.3 is 0 Å². The maximum absolute atomic E-state index is 12.3. The lowest BCUT2D eigenvalue weighted by atomic mass is 10.1. The molecule has 0 saturated heterocycles. The predicted molar refractivity (Wildman–Crippen MR) is 88.8 cm³/mol. The third-order valence-corrected chi connectivity index (χ3v) is 3.43. The number of carbonyl (C=O) groups is 1. The number of aryl methyl sites for hydroxylation is 1. The molecule has 1 amide bonds. The van der Waals surface area contributed by atoms with Gasteiger partial charge in [-0.2, -0.15) is 0 Å². The van der Waals surface area contributed by atoms with Gasteiger partial charge in [0.1, 0.15) is 0 Å². The molecule has 0 bridgehead atoms. The SMILES string of the molecule is Cc1nc(-c2ccccc2)ccc1C(=O)Nc1ccccc1. The molecule has 0 atom stereocenters. The van der Waals surface area contributed by atoms with E-state index >= 15 is 0 Å². The zero-order valence-electron chi connectivity index (χ0n) is 12.3. The molecule has 0 aliphatic carbocycles. The summed E-state index contributed by atoms with van der Waals surface area (Å²) < 4.78 is 0. The van der Waals surface area contributed by atoms with Crippen LogP contribution in [-0.2, 0) is 0 Å². The Morgan fingerprint density at radius 1 is 0.864 bits per heavy atom. The number of aromatic nitrogens is 1. The minimum atomic E-state index is -0.143. The van der Waals surface area contributed by atoms with Crippen LogP contribution < -0.4 is 5.32 Å². The molecule has 0 saturated carbocycles. The van der Waals surface area contributed by atoms with E-state index in [1.165, 1.54) is 0 Å². The Balaban J connectivity index is 1.85. The van der Waals surface area contributed by atoms with Crippen LogP contribution >= 0.6 is 0 Å². The summed E-state index contributed by atoms with van der Waals surface area (Å²) in [6.07, 6.45) is 0. The van der Waals surface area contributed by atoms with Crippen molar-refractivity contribution in [3.8, 4) is 11.3 Å². The lowest BCUT2D eigenvalue weighted by Crippen LogP contribution is -2.14. The van der Waals surface area contributed by atoms with E-state index in [1.54, 1.807) is 0 Å². The summed E-state index contributed by atoms with van der Waals surface area (Å²) in [6, 6.07) is 23.0. The van der Waals surface area contributed by atoms with Crippen molar-refractivity contribution < 1.29 is 4.79 Å². The number of rotatable bonds is 3. The van der Waals surface area contributed by atoms with E-state index in [0.717, 1.165) is 22.6 Å². The molecule has 1 N–H and O–H groups in total. The molecule has 108 valence electrons. The number of amides is 1. The van der Waals surface area contributed by atoms with E-state index in [9.17, 15) is 4.79 Å². The standard InChI is InChI=1S/C19H16N2O/c1-14-17(19(22)21-16-10-6-3-7-11-16)12-13-18(20-14)15-8-4-2-5-9-15/h2-13H,1H3,(H,21,22). The second-order valence-corrected chi connectivity index (χ2v) is 5.02. The van der Waals surface area contributed by atoms with Crippen LogP contribution in [0.1, 0.15) is 16.1 Å². The largest absolute Gasteiger partial charge is 0.322 e. The molecule has 0 aliphatic rings. The normalized spacial score (nSPS) is 10.2. The highest BCUT2D eigenvalue weighted by Crippen LogP contribution is 2.19. The topological polar surface area (TPSA) is 42.0 Å². The summed E-state index contributed by atoms with van der Waals surface area (Å²) in [7, 11) is 0. The molecule has 22 heavy (non-hydrogen) atoms. The molecule has 0 spiro atoms. The number of para-hydroxylation sites is 1. The molecule has 0 fully saturated rings. The van der Waals surface area contributed by atoms with Crippen molar-refractivity contribution in [2.24, 2.45) is 0 Å². The molecular formula is C19H16N2O. The molecule has 3 heteroatoms. The van der Waals surface area contributed by atoms with Gasteiger partial charge in [0.25, 0.3) is 5.91 Å². The highest BCUT2D eigenvalue weighted by molar-refractivity contribution is 6.05. The van der Waals surface area contributed by atoms with Crippen LogP contribution in [0.2, 0.25) is 0 Å². The van der Waals surface area contributed by atoms with Gasteiger partial charge in [0.2, 0.25) is 0 Å². The Morgan fingerprint density at radius 3 is 2.14 bits per heavy atom. The van der Waals surface area contributed by atoms with Crippen LogP contribution in [0, 0.1) is 6.92 Å². The van der Waals surface area contributed by atoms with Gasteiger partial charge in [0, 0.05) is 11.3 Å². The zero-order chi connectivity index (χ0) is 15.4. The molecule has 1 aromatic heterocycles. The number of pyridine rings is 1. The van der Waals surface area contributed by atoms with Gasteiger partial charge in [-0.05, 0) is 31.2 Å². The summed E-state index contributed by atoms with van der Waals surface area (Å²) >= 11 is 0. The number of carbonyl (C=O) groups excluding carboxylic acids is 1. The fourth-order valence-corrected chi connectivity index (χ4v) is 2.29. The van der Waals surface area contributed by atoms with Crippen molar-refractivity contribution in [3.63, 3.8) is 0 Å². The van der Waals surface area contributed by atoms with Crippen molar-refractivity contribution in [1.29, 1.82) is 0 Å². The molecule has 0 radical (unpaired) electrons. The third kappa shape index (κ3) is 3.04. The van der Waals surface area contributed by atoms with Gasteiger partial charge in [-0.3, -0.25) is 9.78 Å². The first-order valence-electron chi connectivity index (χ1n) is 7.13. The van der Waals surface area contributed by atoms with E-state index in [4.69, 9.17) is 0 Å². The number of benzene rings is 2. The lowest BCUT2D eigenvalue weighted by molar-refractivity contribution is 0.102. The smallest absolute Gasteiger partial charge is 0.257 e. The van der Waals surface area contributed by atoms with Crippen LogP contribution in [-0.4, -0.2) is 10.9 Å². The Hall–Kier alpha value is -2.94. The summed E-state index contributed by atoms with van der Waals surface area (Å²) in [6.45, 7) is 1.85. The average molecular weight is 288 g/mol. The molecule has 3 aromatic rings. The van der Waals surface area contributed by atoms with Gasteiger partial charge < -0.3 is 5.32 Å². The predicted octanol–water partition coefficient (Wildman–Crippen LogP) is 4.31. The summed E-state index contributed by atoms with van der Waals surface area (Å²) in [5, 5.41) is 2.88. The van der Waals surface area contributed by atoms with Crippen LogP contribution in [0.3, 0.4) is 0 Å². The molecule has 3 rings (SSSR count). The molecule has 1 heterocycles. The number of anilines is 1. The maximum Gasteiger partial charge on any atom is 0.257 e. The first kappa shape index (κ1) is 14.0. The van der Waals surface area contributed by atoms with Gasteiger partial charge in [-0.1, -0.05) is 48.5 Å². The van der Waals surface area contributed by atoms with Crippen LogP contribution in [0.5, 0.6) is 0 Å². The lowest BCUT2D eigenvalue weighted by Gasteiger charge is -2.09. The monoisotopic (exact) mass is 288 g/mol. The van der Waals surface area contributed by atoms with Gasteiger partial charge in [0.05, 0.1) is 17.0 Å². The van der Waals surface area contributed by atoms with Crippen molar-refractivity contribution in [3.05, 3.63) is 84.1 Å². The quantitative estimate of drug-likeness (QED) is 0.780. The van der Waals surface area contributed by atoms with Crippen LogP contribution in [0.4, 0.5) is 5.69 Å². The number of nitrogens with zero attached hydrogens (tertiary/aromatic N) is 1. The van der Waals surface area contributed by atoms with E-state index in [-0.39, 0.29) is 5.91 Å². The van der Waals surface area contributed by atoms with Gasteiger partial charge in [0.15, 0.2) is 0 Å². The third-order valence-electron chi connectivity index (χ3n) is 3.43. The van der Waals surface area contributed by atoms with E-state index in [1.807, 2.05) is 79.7 Å².